The normalized spacial score (nSPS) is 15.9. The van der Waals surface area contributed by atoms with Crippen LogP contribution < -0.4 is 0 Å². The van der Waals surface area contributed by atoms with E-state index in [4.69, 9.17) is 0 Å². The number of amides is 1. The summed E-state index contributed by atoms with van der Waals surface area (Å²) in [7, 11) is 3.98. The van der Waals surface area contributed by atoms with Crippen LogP contribution in [0, 0.1) is 13.8 Å². The number of benzene rings is 1. The summed E-state index contributed by atoms with van der Waals surface area (Å²) in [5.41, 5.74) is 5.09. The topological polar surface area (TPSA) is 41.4 Å². The van der Waals surface area contributed by atoms with Gasteiger partial charge in [0.2, 0.25) is 0 Å². The van der Waals surface area contributed by atoms with Crippen molar-refractivity contribution in [3.63, 3.8) is 0 Å². The highest BCUT2D eigenvalue weighted by Crippen LogP contribution is 2.25. The molecule has 23 heavy (non-hydrogen) atoms. The van der Waals surface area contributed by atoms with Crippen molar-refractivity contribution in [3.05, 3.63) is 41.1 Å². The summed E-state index contributed by atoms with van der Waals surface area (Å²) < 4.78 is 1.81. The fraction of sp³-hybridized carbons (Fsp3) is 0.444. The van der Waals surface area contributed by atoms with E-state index in [1.54, 1.807) is 4.68 Å². The zero-order valence-electron chi connectivity index (χ0n) is 14.3. The Bertz CT molecular complexity index is 727. The molecular formula is C18H24N4O. The van der Waals surface area contributed by atoms with Gasteiger partial charge in [-0.2, -0.15) is 5.10 Å². The number of hydrogen-bond acceptors (Lipinski definition) is 3. The third kappa shape index (κ3) is 3.15. The smallest absolute Gasteiger partial charge is 0.274 e. The Balaban J connectivity index is 1.87. The fourth-order valence-corrected chi connectivity index (χ4v) is 3.10. The van der Waals surface area contributed by atoms with Gasteiger partial charge in [0.1, 0.15) is 0 Å². The molecule has 0 radical (unpaired) electrons. The number of aryl methyl sites for hydroxylation is 3. The van der Waals surface area contributed by atoms with Crippen LogP contribution in [0.15, 0.2) is 24.3 Å². The molecule has 0 atom stereocenters. The van der Waals surface area contributed by atoms with Gasteiger partial charge < -0.3 is 9.80 Å². The van der Waals surface area contributed by atoms with Crippen LogP contribution in [0.1, 0.15) is 21.6 Å². The van der Waals surface area contributed by atoms with E-state index < -0.39 is 0 Å². The number of carbonyl (C=O) groups is 1. The lowest BCUT2D eigenvalue weighted by Gasteiger charge is -2.31. The van der Waals surface area contributed by atoms with Gasteiger partial charge in [0.25, 0.3) is 5.91 Å². The first-order valence-electron chi connectivity index (χ1n) is 8.05. The van der Waals surface area contributed by atoms with Gasteiger partial charge in [-0.1, -0.05) is 23.8 Å². The van der Waals surface area contributed by atoms with Crippen LogP contribution in [-0.2, 0) is 7.05 Å². The van der Waals surface area contributed by atoms with Crippen molar-refractivity contribution >= 4 is 5.91 Å². The molecule has 1 saturated heterocycles. The highest BCUT2D eigenvalue weighted by molar-refractivity contribution is 5.93. The summed E-state index contributed by atoms with van der Waals surface area (Å²) in [6.07, 6.45) is 0. The number of carbonyl (C=O) groups excluding carboxylic acids is 1. The number of aromatic nitrogens is 2. The molecule has 1 aromatic carbocycles. The van der Waals surface area contributed by atoms with E-state index in [0.717, 1.165) is 37.4 Å². The predicted octanol–water partition coefficient (Wildman–Crippen LogP) is 2.09. The van der Waals surface area contributed by atoms with Crippen molar-refractivity contribution in [1.82, 2.24) is 19.6 Å². The third-order valence-electron chi connectivity index (χ3n) is 4.55. The summed E-state index contributed by atoms with van der Waals surface area (Å²) in [5, 5.41) is 4.46. The van der Waals surface area contributed by atoms with Crippen molar-refractivity contribution in [3.8, 4) is 11.3 Å². The molecular weight excluding hydrogens is 288 g/mol. The van der Waals surface area contributed by atoms with Gasteiger partial charge >= 0.3 is 0 Å². The number of nitrogens with zero attached hydrogens (tertiary/aromatic N) is 4. The van der Waals surface area contributed by atoms with Gasteiger partial charge in [-0.05, 0) is 32.5 Å². The first kappa shape index (κ1) is 15.7. The summed E-state index contributed by atoms with van der Waals surface area (Å²) >= 11 is 0. The minimum Gasteiger partial charge on any atom is -0.335 e. The highest BCUT2D eigenvalue weighted by atomic mass is 16.2. The second-order valence-corrected chi connectivity index (χ2v) is 6.45. The quantitative estimate of drug-likeness (QED) is 0.853. The number of hydrogen-bond donors (Lipinski definition) is 0. The Morgan fingerprint density at radius 3 is 2.39 bits per heavy atom. The lowest BCUT2D eigenvalue weighted by Crippen LogP contribution is -2.47. The lowest BCUT2D eigenvalue weighted by atomic mass is 10.0. The van der Waals surface area contributed by atoms with E-state index in [1.807, 2.05) is 18.0 Å². The Morgan fingerprint density at radius 1 is 1.04 bits per heavy atom. The molecule has 2 heterocycles. The molecule has 0 aliphatic carbocycles. The van der Waals surface area contributed by atoms with Crippen LogP contribution in [0.4, 0.5) is 0 Å². The van der Waals surface area contributed by atoms with E-state index in [-0.39, 0.29) is 5.91 Å². The van der Waals surface area contributed by atoms with E-state index in [2.05, 4.69) is 49.1 Å². The molecule has 2 aromatic rings. The summed E-state index contributed by atoms with van der Waals surface area (Å²) in [6.45, 7) is 7.56. The summed E-state index contributed by atoms with van der Waals surface area (Å²) in [4.78, 5) is 16.8. The van der Waals surface area contributed by atoms with Crippen molar-refractivity contribution in [2.45, 2.75) is 13.8 Å². The molecule has 0 bridgehead atoms. The van der Waals surface area contributed by atoms with E-state index in [0.29, 0.717) is 5.69 Å². The second kappa shape index (κ2) is 6.16. The molecule has 0 saturated carbocycles. The van der Waals surface area contributed by atoms with Gasteiger partial charge in [-0.3, -0.25) is 9.48 Å². The average Bonchev–Trinajstić information content (AvgIpc) is 2.89. The van der Waals surface area contributed by atoms with Crippen molar-refractivity contribution in [1.29, 1.82) is 0 Å². The Hall–Kier alpha value is -2.14. The monoisotopic (exact) mass is 312 g/mol. The van der Waals surface area contributed by atoms with Crippen LogP contribution in [0.2, 0.25) is 0 Å². The second-order valence-electron chi connectivity index (χ2n) is 6.45. The molecule has 3 rings (SSSR count). The van der Waals surface area contributed by atoms with Crippen LogP contribution in [0.3, 0.4) is 0 Å². The van der Waals surface area contributed by atoms with Crippen LogP contribution in [0.25, 0.3) is 11.3 Å². The number of piperazine rings is 1. The number of likely N-dealkylation sites (N-methyl/N-ethyl adjacent to an activating group) is 1. The van der Waals surface area contributed by atoms with Crippen LogP contribution in [-0.4, -0.2) is 58.7 Å². The minimum atomic E-state index is 0.0321. The summed E-state index contributed by atoms with van der Waals surface area (Å²) in [6, 6.07) is 8.27. The van der Waals surface area contributed by atoms with Gasteiger partial charge in [0.15, 0.2) is 5.69 Å². The van der Waals surface area contributed by atoms with Crippen LogP contribution >= 0.6 is 0 Å². The van der Waals surface area contributed by atoms with Crippen molar-refractivity contribution in [2.75, 3.05) is 33.2 Å². The summed E-state index contributed by atoms with van der Waals surface area (Å²) in [5.74, 6) is 0.0321. The molecule has 122 valence electrons. The van der Waals surface area contributed by atoms with Crippen LogP contribution in [0.5, 0.6) is 0 Å². The standard InChI is InChI=1S/C18H24N4O/c1-13-5-6-15(14(2)11-13)17-12-16(19-21(17)4)18(23)22-9-7-20(3)8-10-22/h5-6,11-12H,7-10H2,1-4H3. The average molecular weight is 312 g/mol. The molecule has 1 aliphatic heterocycles. The lowest BCUT2D eigenvalue weighted by molar-refractivity contribution is 0.0657. The van der Waals surface area contributed by atoms with Gasteiger partial charge in [0.05, 0.1) is 5.69 Å². The van der Waals surface area contributed by atoms with E-state index >= 15 is 0 Å². The maximum Gasteiger partial charge on any atom is 0.274 e. The molecule has 5 nitrogen and oxygen atoms in total. The zero-order valence-corrected chi connectivity index (χ0v) is 14.3. The number of rotatable bonds is 2. The van der Waals surface area contributed by atoms with E-state index in [1.165, 1.54) is 11.1 Å². The maximum atomic E-state index is 12.7. The molecule has 0 spiro atoms. The minimum absolute atomic E-state index is 0.0321. The SMILES string of the molecule is Cc1ccc(-c2cc(C(=O)N3CCN(C)CC3)nn2C)c(C)c1. The van der Waals surface area contributed by atoms with Crippen molar-refractivity contribution < 1.29 is 4.79 Å². The van der Waals surface area contributed by atoms with E-state index in [9.17, 15) is 4.79 Å². The Morgan fingerprint density at radius 2 is 1.74 bits per heavy atom. The fourth-order valence-electron chi connectivity index (χ4n) is 3.10. The molecule has 1 aliphatic rings. The molecule has 5 heteroatoms. The first-order chi connectivity index (χ1) is 11.0. The zero-order chi connectivity index (χ0) is 16.6. The Labute approximate surface area is 137 Å². The molecule has 1 amide bonds. The Kier molecular flexibility index (Phi) is 4.22. The molecule has 1 aromatic heterocycles. The molecule has 0 unspecified atom stereocenters. The highest BCUT2D eigenvalue weighted by Gasteiger charge is 2.23. The van der Waals surface area contributed by atoms with Crippen molar-refractivity contribution in [2.24, 2.45) is 7.05 Å². The largest absolute Gasteiger partial charge is 0.335 e. The van der Waals surface area contributed by atoms with Gasteiger partial charge in [-0.15, -0.1) is 0 Å². The molecule has 1 fully saturated rings. The maximum absolute atomic E-state index is 12.7. The molecule has 0 N–H and O–H groups in total. The van der Waals surface area contributed by atoms with Gasteiger partial charge in [-0.25, -0.2) is 0 Å². The first-order valence-corrected chi connectivity index (χ1v) is 8.05. The predicted molar refractivity (Wildman–Crippen MR) is 91.5 cm³/mol. The van der Waals surface area contributed by atoms with Gasteiger partial charge in [0, 0.05) is 38.8 Å². The third-order valence-corrected chi connectivity index (χ3v) is 4.55.